The van der Waals surface area contributed by atoms with Crippen LogP contribution in [0.5, 0.6) is 5.75 Å². The third-order valence-electron chi connectivity index (χ3n) is 4.72. The predicted octanol–water partition coefficient (Wildman–Crippen LogP) is 5.03. The highest BCUT2D eigenvalue weighted by atomic mass is 16.5. The number of amides is 1. The van der Waals surface area contributed by atoms with Crippen LogP contribution in [-0.2, 0) is 29.2 Å². The molecule has 5 heteroatoms. The quantitative estimate of drug-likeness (QED) is 0.498. The molecule has 0 aliphatic rings. The standard InChI is InChI=1S/C25H28N2O3/c1-3-19-7-11-22(12-8-19)27-25(28)16-26-23-6-4-5-21(15-23)18-30-17-20-9-13-24(29-2)14-10-20/h4-15,26H,3,16-18H2,1-2H3,(H,27,28). The molecule has 0 bridgehead atoms. The van der Waals surface area contributed by atoms with Crippen molar-refractivity contribution in [3.63, 3.8) is 0 Å². The zero-order valence-corrected chi connectivity index (χ0v) is 17.5. The van der Waals surface area contributed by atoms with Crippen LogP contribution in [0.4, 0.5) is 11.4 Å². The fraction of sp³-hybridized carbons (Fsp3) is 0.240. The third-order valence-corrected chi connectivity index (χ3v) is 4.72. The lowest BCUT2D eigenvalue weighted by molar-refractivity contribution is -0.114. The van der Waals surface area contributed by atoms with Crippen LogP contribution in [-0.4, -0.2) is 19.6 Å². The molecule has 0 saturated carbocycles. The summed E-state index contributed by atoms with van der Waals surface area (Å²) >= 11 is 0. The molecule has 0 unspecified atom stereocenters. The molecule has 2 N–H and O–H groups in total. The zero-order valence-electron chi connectivity index (χ0n) is 17.5. The number of carbonyl (C=O) groups is 1. The summed E-state index contributed by atoms with van der Waals surface area (Å²) in [5.41, 5.74) is 5.08. The Morgan fingerprint density at radius 2 is 1.53 bits per heavy atom. The number of ether oxygens (including phenoxy) is 2. The number of methoxy groups -OCH3 is 1. The molecular formula is C25H28N2O3. The summed E-state index contributed by atoms with van der Waals surface area (Å²) in [5, 5.41) is 6.07. The van der Waals surface area contributed by atoms with Gasteiger partial charge < -0.3 is 20.1 Å². The third kappa shape index (κ3) is 6.64. The molecule has 0 aromatic heterocycles. The van der Waals surface area contributed by atoms with Crippen molar-refractivity contribution in [2.24, 2.45) is 0 Å². The maximum absolute atomic E-state index is 12.2. The molecule has 0 atom stereocenters. The average Bonchev–Trinajstić information content (AvgIpc) is 2.79. The summed E-state index contributed by atoms with van der Waals surface area (Å²) in [4.78, 5) is 12.2. The number of anilines is 2. The van der Waals surface area contributed by atoms with Gasteiger partial charge in [-0.1, -0.05) is 43.3 Å². The SMILES string of the molecule is CCc1ccc(NC(=O)CNc2cccc(COCc3ccc(OC)cc3)c2)cc1. The molecule has 5 nitrogen and oxygen atoms in total. The van der Waals surface area contributed by atoms with Gasteiger partial charge in [0.1, 0.15) is 5.75 Å². The highest BCUT2D eigenvalue weighted by Crippen LogP contribution is 2.15. The van der Waals surface area contributed by atoms with Crippen molar-refractivity contribution >= 4 is 17.3 Å². The van der Waals surface area contributed by atoms with Gasteiger partial charge in [0.15, 0.2) is 0 Å². The molecule has 0 aliphatic carbocycles. The maximum Gasteiger partial charge on any atom is 0.243 e. The van der Waals surface area contributed by atoms with E-state index < -0.39 is 0 Å². The molecule has 30 heavy (non-hydrogen) atoms. The van der Waals surface area contributed by atoms with Crippen molar-refractivity contribution in [1.29, 1.82) is 0 Å². The van der Waals surface area contributed by atoms with Gasteiger partial charge in [0.2, 0.25) is 5.91 Å². The van der Waals surface area contributed by atoms with Crippen LogP contribution in [0.25, 0.3) is 0 Å². The second-order valence-electron chi connectivity index (χ2n) is 6.99. The number of carbonyl (C=O) groups excluding carboxylic acids is 1. The topological polar surface area (TPSA) is 59.6 Å². The van der Waals surface area contributed by atoms with Gasteiger partial charge in [-0.3, -0.25) is 4.79 Å². The normalized spacial score (nSPS) is 10.5. The molecule has 1 amide bonds. The van der Waals surface area contributed by atoms with E-state index in [0.29, 0.717) is 13.2 Å². The minimum Gasteiger partial charge on any atom is -0.497 e. The summed E-state index contributed by atoms with van der Waals surface area (Å²) in [5.74, 6) is 0.750. The molecule has 0 saturated heterocycles. The Bertz CT molecular complexity index is 937. The van der Waals surface area contributed by atoms with Crippen LogP contribution < -0.4 is 15.4 Å². The molecule has 3 aromatic rings. The Balaban J connectivity index is 1.44. The molecule has 0 spiro atoms. The second-order valence-corrected chi connectivity index (χ2v) is 6.99. The average molecular weight is 405 g/mol. The molecule has 0 radical (unpaired) electrons. The van der Waals surface area contributed by atoms with Crippen molar-refractivity contribution in [1.82, 2.24) is 0 Å². The Hall–Kier alpha value is -3.31. The lowest BCUT2D eigenvalue weighted by atomic mass is 10.1. The number of hydrogen-bond donors (Lipinski definition) is 2. The van der Waals surface area contributed by atoms with Crippen molar-refractivity contribution in [3.05, 3.63) is 89.5 Å². The van der Waals surface area contributed by atoms with Crippen LogP contribution in [0.15, 0.2) is 72.8 Å². The number of hydrogen-bond acceptors (Lipinski definition) is 4. The van der Waals surface area contributed by atoms with Gasteiger partial charge in [-0.2, -0.15) is 0 Å². The fourth-order valence-corrected chi connectivity index (χ4v) is 2.99. The number of aryl methyl sites for hydroxylation is 1. The van der Waals surface area contributed by atoms with Gasteiger partial charge in [0.05, 0.1) is 26.9 Å². The summed E-state index contributed by atoms with van der Waals surface area (Å²) in [6.07, 6.45) is 0.982. The van der Waals surface area contributed by atoms with Gasteiger partial charge in [0.25, 0.3) is 0 Å². The molecule has 3 aromatic carbocycles. The molecule has 3 rings (SSSR count). The summed E-state index contributed by atoms with van der Waals surface area (Å²) in [6, 6.07) is 23.6. The molecule has 0 heterocycles. The molecule has 0 fully saturated rings. The van der Waals surface area contributed by atoms with Crippen molar-refractivity contribution in [2.45, 2.75) is 26.6 Å². The first-order valence-electron chi connectivity index (χ1n) is 10.1. The van der Waals surface area contributed by atoms with Gasteiger partial charge >= 0.3 is 0 Å². The summed E-state index contributed by atoms with van der Waals surface area (Å²) in [7, 11) is 1.65. The van der Waals surface area contributed by atoms with E-state index in [-0.39, 0.29) is 12.5 Å². The van der Waals surface area contributed by atoms with Gasteiger partial charge in [0, 0.05) is 11.4 Å². The van der Waals surface area contributed by atoms with Crippen molar-refractivity contribution < 1.29 is 14.3 Å². The van der Waals surface area contributed by atoms with Gasteiger partial charge in [-0.05, 0) is 59.5 Å². The molecular weight excluding hydrogens is 376 g/mol. The van der Waals surface area contributed by atoms with Crippen LogP contribution in [0.1, 0.15) is 23.6 Å². The van der Waals surface area contributed by atoms with E-state index in [4.69, 9.17) is 9.47 Å². The highest BCUT2D eigenvalue weighted by molar-refractivity contribution is 5.93. The monoisotopic (exact) mass is 404 g/mol. The maximum atomic E-state index is 12.2. The Morgan fingerprint density at radius 3 is 2.23 bits per heavy atom. The van der Waals surface area contributed by atoms with E-state index in [1.807, 2.05) is 72.8 Å². The Morgan fingerprint density at radius 1 is 0.833 bits per heavy atom. The van der Waals surface area contributed by atoms with E-state index in [9.17, 15) is 4.79 Å². The smallest absolute Gasteiger partial charge is 0.243 e. The van der Waals surface area contributed by atoms with E-state index >= 15 is 0 Å². The Labute approximate surface area is 178 Å². The zero-order chi connectivity index (χ0) is 21.2. The molecule has 0 aliphatic heterocycles. The largest absolute Gasteiger partial charge is 0.497 e. The summed E-state index contributed by atoms with van der Waals surface area (Å²) in [6.45, 7) is 3.33. The first-order chi connectivity index (χ1) is 14.7. The van der Waals surface area contributed by atoms with E-state index in [0.717, 1.165) is 34.7 Å². The van der Waals surface area contributed by atoms with Crippen molar-refractivity contribution in [2.75, 3.05) is 24.3 Å². The van der Waals surface area contributed by atoms with Crippen LogP contribution in [0.2, 0.25) is 0 Å². The van der Waals surface area contributed by atoms with Gasteiger partial charge in [-0.25, -0.2) is 0 Å². The second kappa shape index (κ2) is 11.0. The van der Waals surface area contributed by atoms with Crippen LogP contribution in [0.3, 0.4) is 0 Å². The minimum atomic E-state index is -0.0830. The highest BCUT2D eigenvalue weighted by Gasteiger charge is 2.04. The molecule has 156 valence electrons. The summed E-state index contributed by atoms with van der Waals surface area (Å²) < 4.78 is 11.0. The number of benzene rings is 3. The van der Waals surface area contributed by atoms with E-state index in [2.05, 4.69) is 17.6 Å². The van der Waals surface area contributed by atoms with Crippen molar-refractivity contribution in [3.8, 4) is 5.75 Å². The fourth-order valence-electron chi connectivity index (χ4n) is 2.99. The van der Waals surface area contributed by atoms with E-state index in [1.54, 1.807) is 7.11 Å². The van der Waals surface area contributed by atoms with E-state index in [1.165, 1.54) is 5.56 Å². The lowest BCUT2D eigenvalue weighted by Gasteiger charge is -2.10. The number of rotatable bonds is 10. The van der Waals surface area contributed by atoms with Gasteiger partial charge in [-0.15, -0.1) is 0 Å². The first-order valence-corrected chi connectivity index (χ1v) is 10.1. The van der Waals surface area contributed by atoms with Crippen LogP contribution >= 0.6 is 0 Å². The van der Waals surface area contributed by atoms with Crippen LogP contribution in [0, 0.1) is 0 Å². The Kier molecular flexibility index (Phi) is 7.86. The number of nitrogens with one attached hydrogen (secondary N) is 2. The first kappa shape index (κ1) is 21.4. The lowest BCUT2D eigenvalue weighted by Crippen LogP contribution is -2.21. The minimum absolute atomic E-state index is 0.0830. The predicted molar refractivity (Wildman–Crippen MR) is 121 cm³/mol.